The smallest absolute Gasteiger partial charge is 0.386 e. The second kappa shape index (κ2) is 7.64. The Balaban J connectivity index is 1.95. The zero-order valence-corrected chi connectivity index (χ0v) is 16.6. The molecular weight excluding hydrogens is 467 g/mol. The molecule has 0 amide bonds. The number of anilines is 2. The average Bonchev–Trinajstić information content (AvgIpc) is 3.08. The van der Waals surface area contributed by atoms with Crippen LogP contribution in [0.4, 0.5) is 24.8 Å². The molecule has 0 aliphatic carbocycles. The van der Waals surface area contributed by atoms with Crippen LogP contribution in [0.5, 0.6) is 0 Å². The van der Waals surface area contributed by atoms with E-state index >= 15 is 0 Å². The van der Waals surface area contributed by atoms with E-state index in [4.69, 9.17) is 4.84 Å². The van der Waals surface area contributed by atoms with Crippen molar-refractivity contribution in [2.45, 2.75) is 23.6 Å². The molecule has 1 atom stereocenters. The Labute approximate surface area is 166 Å². The van der Waals surface area contributed by atoms with E-state index in [0.717, 1.165) is 18.3 Å². The van der Waals surface area contributed by atoms with Gasteiger partial charge in [-0.05, 0) is 41.2 Å². The highest BCUT2D eigenvalue weighted by Gasteiger charge is 2.31. The van der Waals surface area contributed by atoms with E-state index < -0.39 is 27.9 Å². The van der Waals surface area contributed by atoms with Crippen molar-refractivity contribution in [2.75, 3.05) is 12.4 Å². The Morgan fingerprint density at radius 1 is 1.25 bits per heavy atom. The molecule has 3 heterocycles. The van der Waals surface area contributed by atoms with Gasteiger partial charge in [-0.1, -0.05) is 5.16 Å². The molecule has 28 heavy (non-hydrogen) atoms. The van der Waals surface area contributed by atoms with Gasteiger partial charge in [-0.25, -0.2) is 23.1 Å². The Bertz CT molecular complexity index is 1010. The van der Waals surface area contributed by atoms with Gasteiger partial charge in [0.15, 0.2) is 6.10 Å². The number of hydrogen-bond donors (Lipinski definition) is 2. The normalized spacial score (nSPS) is 17.2. The number of sulfonamides is 1. The molecule has 150 valence electrons. The summed E-state index contributed by atoms with van der Waals surface area (Å²) in [6, 6.07) is 3.38. The fourth-order valence-corrected chi connectivity index (χ4v) is 3.44. The molecule has 0 aromatic carbocycles. The monoisotopic (exact) mass is 479 g/mol. The number of nitrogens with one attached hydrogen (secondary N) is 2. The van der Waals surface area contributed by atoms with Gasteiger partial charge < -0.3 is 10.2 Å². The molecule has 2 aromatic heterocycles. The van der Waals surface area contributed by atoms with Crippen molar-refractivity contribution < 1.29 is 26.4 Å². The summed E-state index contributed by atoms with van der Waals surface area (Å²) in [6.45, 7) is 0. The fourth-order valence-electron chi connectivity index (χ4n) is 2.35. The molecule has 0 fully saturated rings. The van der Waals surface area contributed by atoms with Crippen LogP contribution >= 0.6 is 15.9 Å². The highest BCUT2D eigenvalue weighted by Crippen LogP contribution is 2.35. The predicted octanol–water partition coefficient (Wildman–Crippen LogP) is 3.32. The minimum Gasteiger partial charge on any atom is -0.386 e. The number of alkyl halides is 3. The zero-order valence-electron chi connectivity index (χ0n) is 14.2. The molecule has 2 N–H and O–H groups in total. The second-order valence-electron chi connectivity index (χ2n) is 5.64. The minimum atomic E-state index is -4.50. The predicted molar refractivity (Wildman–Crippen MR) is 97.8 cm³/mol. The molecule has 0 saturated heterocycles. The molecule has 0 unspecified atom stereocenters. The molecule has 0 bridgehead atoms. The van der Waals surface area contributed by atoms with Crippen LogP contribution in [0, 0.1) is 0 Å². The fraction of sp³-hybridized carbons (Fsp3) is 0.267. The van der Waals surface area contributed by atoms with Gasteiger partial charge in [0.1, 0.15) is 21.2 Å². The van der Waals surface area contributed by atoms with Gasteiger partial charge in [-0.2, -0.15) is 13.2 Å². The van der Waals surface area contributed by atoms with E-state index in [2.05, 4.69) is 41.1 Å². The maximum absolute atomic E-state index is 12.7. The number of hydrogen-bond acceptors (Lipinski definition) is 7. The standard InChI is InChI=1S/C15H13BrF3N5O3S/c1-20-28(25,26)9-4-10(11-5-12(16)24-27-11)14(22-7-9)23-13-3-2-8(6-21-13)15(17,18)19/h2-4,6-7,11,20H,5H2,1H3,(H,21,22,23)/t11-/m0/s1. The quantitative estimate of drug-likeness (QED) is 0.681. The van der Waals surface area contributed by atoms with Crippen molar-refractivity contribution in [1.29, 1.82) is 0 Å². The third-order valence-corrected chi connectivity index (χ3v) is 5.64. The maximum atomic E-state index is 12.7. The SMILES string of the molecule is CNS(=O)(=O)c1cnc(Nc2ccc(C(F)(F)F)cn2)c([C@@H]2CC(Br)=NO2)c1. The van der Waals surface area contributed by atoms with Gasteiger partial charge in [-0.3, -0.25) is 0 Å². The summed E-state index contributed by atoms with van der Waals surface area (Å²) >= 11 is 3.20. The van der Waals surface area contributed by atoms with Gasteiger partial charge in [0.05, 0.1) is 5.56 Å². The first-order chi connectivity index (χ1) is 13.1. The topological polar surface area (TPSA) is 106 Å². The first-order valence-corrected chi connectivity index (χ1v) is 10.00. The summed E-state index contributed by atoms with van der Waals surface area (Å²) in [7, 11) is -2.50. The van der Waals surface area contributed by atoms with Gasteiger partial charge in [0.2, 0.25) is 10.0 Å². The van der Waals surface area contributed by atoms with E-state index in [0.29, 0.717) is 22.8 Å². The summed E-state index contributed by atoms with van der Waals surface area (Å²) in [4.78, 5) is 13.0. The lowest BCUT2D eigenvalue weighted by Gasteiger charge is -2.16. The lowest BCUT2D eigenvalue weighted by Crippen LogP contribution is -2.19. The van der Waals surface area contributed by atoms with Crippen molar-refractivity contribution in [3.05, 3.63) is 41.7 Å². The number of oxime groups is 1. The Morgan fingerprint density at radius 3 is 2.54 bits per heavy atom. The van der Waals surface area contributed by atoms with Crippen molar-refractivity contribution in [3.63, 3.8) is 0 Å². The lowest BCUT2D eigenvalue weighted by atomic mass is 10.1. The third-order valence-electron chi connectivity index (χ3n) is 3.79. The van der Waals surface area contributed by atoms with E-state index in [-0.39, 0.29) is 16.5 Å². The molecule has 0 radical (unpaired) electrons. The zero-order chi connectivity index (χ0) is 20.5. The van der Waals surface area contributed by atoms with Crippen molar-refractivity contribution in [1.82, 2.24) is 14.7 Å². The molecule has 0 saturated carbocycles. The number of nitrogens with zero attached hydrogens (tertiary/aromatic N) is 3. The average molecular weight is 480 g/mol. The molecular formula is C15H13BrF3N5O3S. The van der Waals surface area contributed by atoms with Crippen LogP contribution in [-0.4, -0.2) is 30.1 Å². The molecule has 3 rings (SSSR count). The largest absolute Gasteiger partial charge is 0.417 e. The molecule has 8 nitrogen and oxygen atoms in total. The molecule has 1 aliphatic rings. The molecule has 0 spiro atoms. The van der Waals surface area contributed by atoms with Gasteiger partial charge in [0.25, 0.3) is 0 Å². The molecule has 2 aromatic rings. The van der Waals surface area contributed by atoms with Crippen LogP contribution in [0.2, 0.25) is 0 Å². The molecule has 1 aliphatic heterocycles. The van der Waals surface area contributed by atoms with Crippen LogP contribution in [0.1, 0.15) is 23.7 Å². The van der Waals surface area contributed by atoms with E-state index in [1.165, 1.54) is 13.1 Å². The number of halogens is 4. The van der Waals surface area contributed by atoms with Crippen molar-refractivity contribution in [2.24, 2.45) is 5.16 Å². The second-order valence-corrected chi connectivity index (χ2v) is 8.44. The number of pyridine rings is 2. The van der Waals surface area contributed by atoms with Crippen LogP contribution in [0.15, 0.2) is 40.6 Å². The maximum Gasteiger partial charge on any atom is 0.417 e. The van der Waals surface area contributed by atoms with Gasteiger partial charge >= 0.3 is 6.18 Å². The van der Waals surface area contributed by atoms with Crippen molar-refractivity contribution in [3.8, 4) is 0 Å². The minimum absolute atomic E-state index is 0.0949. The summed E-state index contributed by atoms with van der Waals surface area (Å²) in [6.07, 6.45) is -3.00. The highest BCUT2D eigenvalue weighted by molar-refractivity contribution is 9.18. The van der Waals surface area contributed by atoms with E-state index in [1.807, 2.05) is 0 Å². The highest BCUT2D eigenvalue weighted by atomic mass is 79.9. The summed E-state index contributed by atoms with van der Waals surface area (Å²) in [5, 5.41) is 6.55. The third kappa shape index (κ3) is 4.42. The summed E-state index contributed by atoms with van der Waals surface area (Å²) in [5.74, 6) is 0.286. The summed E-state index contributed by atoms with van der Waals surface area (Å²) in [5.41, 5.74) is -0.533. The Morgan fingerprint density at radius 2 is 2.00 bits per heavy atom. The van der Waals surface area contributed by atoms with E-state index in [1.54, 1.807) is 0 Å². The van der Waals surface area contributed by atoms with Crippen LogP contribution in [0.25, 0.3) is 0 Å². The first kappa shape index (κ1) is 20.5. The van der Waals surface area contributed by atoms with Gasteiger partial charge in [-0.15, -0.1) is 0 Å². The van der Waals surface area contributed by atoms with Crippen molar-refractivity contribution >= 4 is 42.2 Å². The van der Waals surface area contributed by atoms with Crippen LogP contribution in [-0.2, 0) is 21.0 Å². The van der Waals surface area contributed by atoms with E-state index in [9.17, 15) is 21.6 Å². The van der Waals surface area contributed by atoms with Crippen LogP contribution < -0.4 is 10.0 Å². The summed E-state index contributed by atoms with van der Waals surface area (Å²) < 4.78 is 64.9. The van der Waals surface area contributed by atoms with Gasteiger partial charge in [0, 0.05) is 24.4 Å². The lowest BCUT2D eigenvalue weighted by molar-refractivity contribution is -0.137. The van der Waals surface area contributed by atoms with Crippen LogP contribution in [0.3, 0.4) is 0 Å². The number of aromatic nitrogens is 2. The Hall–Kier alpha value is -2.25. The number of rotatable bonds is 5. The Kier molecular flexibility index (Phi) is 5.59. The molecule has 13 heteroatoms. The first-order valence-electron chi connectivity index (χ1n) is 7.72.